The molecule has 0 saturated carbocycles. The van der Waals surface area contributed by atoms with E-state index in [-0.39, 0.29) is 11.6 Å². The molecule has 0 aliphatic heterocycles. The second-order valence-electron chi connectivity index (χ2n) is 1.68. The van der Waals surface area contributed by atoms with E-state index in [0.717, 1.165) is 6.26 Å². The number of nitrogens with zero attached hydrogens (tertiary/aromatic N) is 1. The molecule has 5 heteroatoms. The second-order valence-corrected chi connectivity index (χ2v) is 1.68. The molecule has 1 rings (SSSR count). The minimum atomic E-state index is -0.623. The van der Waals surface area contributed by atoms with Crippen LogP contribution in [0.2, 0.25) is 0 Å². The summed E-state index contributed by atoms with van der Waals surface area (Å²) in [7, 11) is 1.22. The Morgan fingerprint density at radius 2 is 2.55 bits per heavy atom. The molecule has 11 heavy (non-hydrogen) atoms. The van der Waals surface area contributed by atoms with Gasteiger partial charge < -0.3 is 9.15 Å². The molecular formula is C6H5NO4. The summed E-state index contributed by atoms with van der Waals surface area (Å²) in [5.74, 6) is -0.757. The monoisotopic (exact) mass is 155 g/mol. The number of carbonyl (C=O) groups excluding carboxylic acids is 2. The molecule has 0 atom stereocenters. The van der Waals surface area contributed by atoms with Gasteiger partial charge >= 0.3 is 5.97 Å². The first-order chi connectivity index (χ1) is 5.27. The number of methoxy groups -OCH3 is 1. The zero-order valence-corrected chi connectivity index (χ0v) is 5.73. The minimum Gasteiger partial charge on any atom is -0.464 e. The number of ether oxygens (including phenoxy) is 1. The van der Waals surface area contributed by atoms with Gasteiger partial charge in [0.05, 0.1) is 7.11 Å². The van der Waals surface area contributed by atoms with Crippen molar-refractivity contribution in [3.63, 3.8) is 0 Å². The van der Waals surface area contributed by atoms with Crippen molar-refractivity contribution in [1.82, 2.24) is 4.98 Å². The fourth-order valence-electron chi connectivity index (χ4n) is 0.540. The highest BCUT2D eigenvalue weighted by molar-refractivity contribution is 5.87. The number of hydrogen-bond acceptors (Lipinski definition) is 5. The minimum absolute atomic E-state index is 0.00500. The van der Waals surface area contributed by atoms with Gasteiger partial charge in [-0.3, -0.25) is 4.79 Å². The summed E-state index contributed by atoms with van der Waals surface area (Å²) in [6.45, 7) is 0. The fraction of sp³-hybridized carbons (Fsp3) is 0.167. The summed E-state index contributed by atoms with van der Waals surface area (Å²) >= 11 is 0. The predicted molar refractivity (Wildman–Crippen MR) is 33.2 cm³/mol. The van der Waals surface area contributed by atoms with Crippen molar-refractivity contribution in [3.05, 3.63) is 17.8 Å². The summed E-state index contributed by atoms with van der Waals surface area (Å²) in [6, 6.07) is 0. The van der Waals surface area contributed by atoms with Crippen LogP contribution in [0.15, 0.2) is 10.7 Å². The van der Waals surface area contributed by atoms with E-state index in [1.807, 2.05) is 0 Å². The topological polar surface area (TPSA) is 69.4 Å². The number of carbonyl (C=O) groups is 2. The third kappa shape index (κ3) is 1.43. The molecule has 1 heterocycles. The Bertz CT molecular complexity index is 278. The average molecular weight is 155 g/mol. The highest BCUT2D eigenvalue weighted by Crippen LogP contribution is 2.00. The van der Waals surface area contributed by atoms with Crippen molar-refractivity contribution >= 4 is 12.3 Å². The number of rotatable bonds is 2. The van der Waals surface area contributed by atoms with Gasteiger partial charge in [0.1, 0.15) is 6.26 Å². The van der Waals surface area contributed by atoms with E-state index in [1.165, 1.54) is 7.11 Å². The van der Waals surface area contributed by atoms with Crippen molar-refractivity contribution < 1.29 is 18.7 Å². The largest absolute Gasteiger partial charge is 0.464 e. The molecule has 0 N–H and O–H groups in total. The molecule has 0 bridgehead atoms. The van der Waals surface area contributed by atoms with Crippen molar-refractivity contribution in [2.75, 3.05) is 7.11 Å². The van der Waals surface area contributed by atoms with E-state index in [0.29, 0.717) is 6.29 Å². The van der Waals surface area contributed by atoms with Crippen LogP contribution in [0.5, 0.6) is 0 Å². The maximum atomic E-state index is 10.7. The van der Waals surface area contributed by atoms with Crippen LogP contribution >= 0.6 is 0 Å². The number of aldehydes is 1. The SMILES string of the molecule is COC(=O)c1coc(C=O)n1. The lowest BCUT2D eigenvalue weighted by atomic mass is 10.5. The molecular weight excluding hydrogens is 150 g/mol. The third-order valence-corrected chi connectivity index (χ3v) is 1.02. The first-order valence-electron chi connectivity index (χ1n) is 2.77. The number of aromatic nitrogens is 1. The molecule has 1 aromatic heterocycles. The fourth-order valence-corrected chi connectivity index (χ4v) is 0.540. The lowest BCUT2D eigenvalue weighted by Crippen LogP contribution is -2.01. The first kappa shape index (κ1) is 7.46. The van der Waals surface area contributed by atoms with Crippen LogP contribution in [-0.2, 0) is 4.74 Å². The predicted octanol–water partition coefficient (Wildman–Crippen LogP) is 0.274. The Morgan fingerprint density at radius 3 is 3.00 bits per heavy atom. The maximum Gasteiger partial charge on any atom is 0.360 e. The van der Waals surface area contributed by atoms with Gasteiger partial charge in [-0.2, -0.15) is 4.98 Å². The summed E-state index contributed by atoms with van der Waals surface area (Å²) < 4.78 is 8.87. The van der Waals surface area contributed by atoms with Crippen molar-refractivity contribution in [2.24, 2.45) is 0 Å². The third-order valence-electron chi connectivity index (χ3n) is 1.02. The Hall–Kier alpha value is -1.65. The van der Waals surface area contributed by atoms with Gasteiger partial charge in [0.2, 0.25) is 6.29 Å². The highest BCUT2D eigenvalue weighted by Gasteiger charge is 2.10. The molecule has 0 amide bonds. The first-order valence-corrected chi connectivity index (χ1v) is 2.77. The lowest BCUT2D eigenvalue weighted by Gasteiger charge is -1.88. The molecule has 0 radical (unpaired) electrons. The smallest absolute Gasteiger partial charge is 0.360 e. The number of hydrogen-bond donors (Lipinski definition) is 0. The quantitative estimate of drug-likeness (QED) is 0.453. The molecule has 0 spiro atoms. The van der Waals surface area contributed by atoms with E-state index in [2.05, 4.69) is 14.1 Å². The second kappa shape index (κ2) is 2.96. The van der Waals surface area contributed by atoms with E-state index in [4.69, 9.17) is 0 Å². The van der Waals surface area contributed by atoms with Gasteiger partial charge in [-0.1, -0.05) is 0 Å². The van der Waals surface area contributed by atoms with Gasteiger partial charge in [0, 0.05) is 0 Å². The normalized spacial score (nSPS) is 9.18. The Morgan fingerprint density at radius 1 is 1.82 bits per heavy atom. The Balaban J connectivity index is 2.88. The Labute approximate surface area is 62.0 Å². The van der Waals surface area contributed by atoms with Gasteiger partial charge in [-0.15, -0.1) is 0 Å². The van der Waals surface area contributed by atoms with Gasteiger partial charge in [-0.05, 0) is 0 Å². The summed E-state index contributed by atoms with van der Waals surface area (Å²) in [6.07, 6.45) is 1.47. The molecule has 1 aromatic rings. The molecule has 0 aromatic carbocycles. The summed E-state index contributed by atoms with van der Waals surface area (Å²) in [5, 5.41) is 0. The zero-order chi connectivity index (χ0) is 8.27. The van der Waals surface area contributed by atoms with Crippen molar-refractivity contribution in [1.29, 1.82) is 0 Å². The standard InChI is InChI=1S/C6H5NO4/c1-10-6(9)4-3-11-5(2-8)7-4/h2-3H,1H3. The molecule has 0 saturated heterocycles. The van der Waals surface area contributed by atoms with Crippen LogP contribution in [0.4, 0.5) is 0 Å². The van der Waals surface area contributed by atoms with Gasteiger partial charge in [0.25, 0.3) is 5.89 Å². The molecule has 0 aliphatic carbocycles. The lowest BCUT2D eigenvalue weighted by molar-refractivity contribution is 0.0594. The Kier molecular flexibility index (Phi) is 2.00. The van der Waals surface area contributed by atoms with E-state index >= 15 is 0 Å². The number of esters is 1. The zero-order valence-electron chi connectivity index (χ0n) is 5.73. The van der Waals surface area contributed by atoms with Crippen LogP contribution in [0.25, 0.3) is 0 Å². The van der Waals surface area contributed by atoms with E-state index < -0.39 is 5.97 Å². The van der Waals surface area contributed by atoms with Crippen LogP contribution in [0, 0.1) is 0 Å². The van der Waals surface area contributed by atoms with Gasteiger partial charge in [0.15, 0.2) is 5.69 Å². The van der Waals surface area contributed by atoms with Crippen LogP contribution in [0.1, 0.15) is 21.2 Å². The van der Waals surface area contributed by atoms with Crippen LogP contribution in [-0.4, -0.2) is 24.3 Å². The van der Waals surface area contributed by atoms with Crippen LogP contribution in [0.3, 0.4) is 0 Å². The highest BCUT2D eigenvalue weighted by atomic mass is 16.5. The summed E-state index contributed by atoms with van der Waals surface area (Å²) in [5.41, 5.74) is -0.00500. The molecule has 0 fully saturated rings. The molecule has 5 nitrogen and oxygen atoms in total. The van der Waals surface area contributed by atoms with Crippen molar-refractivity contribution in [3.8, 4) is 0 Å². The van der Waals surface area contributed by atoms with Crippen molar-refractivity contribution in [2.45, 2.75) is 0 Å². The maximum absolute atomic E-state index is 10.7. The molecule has 58 valence electrons. The van der Waals surface area contributed by atoms with Gasteiger partial charge in [-0.25, -0.2) is 4.79 Å². The average Bonchev–Trinajstić information content (AvgIpc) is 2.50. The summed E-state index contributed by atoms with van der Waals surface area (Å²) in [4.78, 5) is 24.2. The van der Waals surface area contributed by atoms with E-state index in [1.54, 1.807) is 0 Å². The molecule has 0 unspecified atom stereocenters. The molecule has 0 aliphatic rings. The van der Waals surface area contributed by atoms with Crippen LogP contribution < -0.4 is 0 Å². The number of oxazole rings is 1. The van der Waals surface area contributed by atoms with E-state index in [9.17, 15) is 9.59 Å².